The van der Waals surface area contributed by atoms with E-state index in [4.69, 9.17) is 0 Å². The number of amides is 2. The number of nitrogens with zero attached hydrogens (tertiary/aromatic N) is 2. The summed E-state index contributed by atoms with van der Waals surface area (Å²) in [6.45, 7) is 5.57. The van der Waals surface area contributed by atoms with Gasteiger partial charge in [0, 0.05) is 54.9 Å². The fourth-order valence-corrected chi connectivity index (χ4v) is 3.30. The van der Waals surface area contributed by atoms with E-state index in [1.807, 2.05) is 24.3 Å². The molecule has 1 aliphatic rings. The molecule has 8 nitrogen and oxygen atoms in total. The highest BCUT2D eigenvalue weighted by Gasteiger charge is 2.14. The van der Waals surface area contributed by atoms with E-state index in [1.54, 1.807) is 31.2 Å². The van der Waals surface area contributed by atoms with Crippen molar-refractivity contribution >= 4 is 34.8 Å². The Bertz CT molecular complexity index is 992. The number of ether oxygens (including phenoxy) is 1. The van der Waals surface area contributed by atoms with Crippen molar-refractivity contribution in [3.05, 3.63) is 65.7 Å². The number of hydrogen-bond acceptors (Lipinski definition) is 6. The molecule has 0 radical (unpaired) electrons. The third-order valence-corrected chi connectivity index (χ3v) is 5.27. The van der Waals surface area contributed by atoms with E-state index >= 15 is 0 Å². The van der Waals surface area contributed by atoms with Gasteiger partial charge in [-0.15, -0.1) is 0 Å². The van der Waals surface area contributed by atoms with Crippen LogP contribution in [-0.4, -0.2) is 63.0 Å². The van der Waals surface area contributed by atoms with Crippen molar-refractivity contribution < 1.29 is 19.1 Å². The van der Waals surface area contributed by atoms with E-state index in [0.717, 1.165) is 31.9 Å². The molecule has 32 heavy (non-hydrogen) atoms. The van der Waals surface area contributed by atoms with Crippen LogP contribution in [0.2, 0.25) is 0 Å². The summed E-state index contributed by atoms with van der Waals surface area (Å²) in [5.41, 5.74) is 2.94. The monoisotopic (exact) mass is 436 g/mol. The summed E-state index contributed by atoms with van der Waals surface area (Å²) in [5, 5.41) is 5.48. The van der Waals surface area contributed by atoms with Crippen LogP contribution in [0.4, 0.5) is 17.1 Å². The van der Waals surface area contributed by atoms with Crippen molar-refractivity contribution in [3.63, 3.8) is 0 Å². The number of benzene rings is 2. The van der Waals surface area contributed by atoms with Gasteiger partial charge >= 0.3 is 5.97 Å². The van der Waals surface area contributed by atoms with E-state index in [1.165, 1.54) is 13.2 Å². The van der Waals surface area contributed by atoms with E-state index in [0.29, 0.717) is 16.9 Å². The highest BCUT2D eigenvalue weighted by Crippen LogP contribution is 2.19. The topological polar surface area (TPSA) is 91.0 Å². The molecule has 0 unspecified atom stereocenters. The third kappa shape index (κ3) is 6.18. The summed E-state index contributed by atoms with van der Waals surface area (Å²) in [7, 11) is 3.42. The zero-order valence-corrected chi connectivity index (χ0v) is 18.6. The molecule has 0 saturated carbocycles. The van der Waals surface area contributed by atoms with E-state index in [-0.39, 0.29) is 11.5 Å². The van der Waals surface area contributed by atoms with Crippen molar-refractivity contribution in [3.8, 4) is 0 Å². The lowest BCUT2D eigenvalue weighted by molar-refractivity contribution is -0.114. The first-order chi connectivity index (χ1) is 15.4. The summed E-state index contributed by atoms with van der Waals surface area (Å²) in [6.07, 6.45) is 1.26. The van der Waals surface area contributed by atoms with Crippen molar-refractivity contribution in [2.24, 2.45) is 0 Å². The van der Waals surface area contributed by atoms with Gasteiger partial charge in [0.15, 0.2) is 0 Å². The number of esters is 1. The minimum absolute atomic E-state index is 0.258. The van der Waals surface area contributed by atoms with E-state index in [2.05, 4.69) is 32.2 Å². The van der Waals surface area contributed by atoms with Crippen LogP contribution in [0.1, 0.15) is 17.3 Å². The average molecular weight is 437 g/mol. The van der Waals surface area contributed by atoms with E-state index in [9.17, 15) is 14.4 Å². The lowest BCUT2D eigenvalue weighted by Gasteiger charge is -2.34. The molecule has 2 aromatic rings. The Morgan fingerprint density at radius 1 is 0.875 bits per heavy atom. The molecule has 0 spiro atoms. The van der Waals surface area contributed by atoms with Crippen LogP contribution in [0.5, 0.6) is 0 Å². The fraction of sp³-hybridized carbons (Fsp3) is 0.292. The Balaban J connectivity index is 1.54. The zero-order chi connectivity index (χ0) is 23.1. The number of carbonyl (C=O) groups excluding carboxylic acids is 3. The predicted molar refractivity (Wildman–Crippen MR) is 125 cm³/mol. The number of likely N-dealkylation sites (N-methyl/N-ethyl adjacent to an activating group) is 1. The number of carbonyl (C=O) groups is 3. The number of nitrogens with one attached hydrogen (secondary N) is 2. The summed E-state index contributed by atoms with van der Waals surface area (Å²) in [4.78, 5) is 40.8. The number of rotatable bonds is 6. The summed E-state index contributed by atoms with van der Waals surface area (Å²) in [5.74, 6) is -1.24. The van der Waals surface area contributed by atoms with Gasteiger partial charge in [0.2, 0.25) is 5.91 Å². The molecule has 0 atom stereocenters. The predicted octanol–water partition coefficient (Wildman–Crippen LogP) is 2.75. The normalized spacial score (nSPS) is 14.6. The van der Waals surface area contributed by atoms with Crippen LogP contribution in [0.25, 0.3) is 0 Å². The minimum atomic E-state index is -0.452. The van der Waals surface area contributed by atoms with Gasteiger partial charge in [0.1, 0.15) is 0 Å². The summed E-state index contributed by atoms with van der Waals surface area (Å²) >= 11 is 0. The molecule has 3 rings (SSSR count). The quantitative estimate of drug-likeness (QED) is 0.535. The first-order valence-electron chi connectivity index (χ1n) is 10.4. The van der Waals surface area contributed by atoms with Crippen LogP contribution in [0.3, 0.4) is 0 Å². The number of anilines is 3. The van der Waals surface area contributed by atoms with Crippen molar-refractivity contribution in [1.29, 1.82) is 0 Å². The van der Waals surface area contributed by atoms with Gasteiger partial charge in [0.05, 0.1) is 12.7 Å². The van der Waals surface area contributed by atoms with Gasteiger partial charge in [-0.25, -0.2) is 4.79 Å². The molecule has 0 aromatic heterocycles. The molecule has 0 aliphatic carbocycles. The second kappa shape index (κ2) is 10.6. The first kappa shape index (κ1) is 23.0. The Hall–Kier alpha value is -3.65. The Morgan fingerprint density at radius 3 is 2.03 bits per heavy atom. The summed E-state index contributed by atoms with van der Waals surface area (Å²) in [6, 6.07) is 14.0. The summed E-state index contributed by atoms with van der Waals surface area (Å²) < 4.78 is 4.65. The number of hydrogen-bond donors (Lipinski definition) is 2. The Morgan fingerprint density at radius 2 is 1.44 bits per heavy atom. The molecule has 8 heteroatoms. The highest BCUT2D eigenvalue weighted by molar-refractivity contribution is 6.10. The molecule has 0 bridgehead atoms. The van der Waals surface area contributed by atoms with Crippen LogP contribution >= 0.6 is 0 Å². The minimum Gasteiger partial charge on any atom is -0.465 e. The molecule has 2 N–H and O–H groups in total. The molecular weight excluding hydrogens is 408 g/mol. The number of methoxy groups -OCH3 is 1. The largest absolute Gasteiger partial charge is 0.465 e. The molecule has 2 aromatic carbocycles. The fourth-order valence-electron chi connectivity index (χ4n) is 3.30. The lowest BCUT2D eigenvalue weighted by Crippen LogP contribution is -2.44. The van der Waals surface area contributed by atoms with Crippen molar-refractivity contribution in [2.45, 2.75) is 6.92 Å². The average Bonchev–Trinajstić information content (AvgIpc) is 2.80. The standard InChI is InChI=1S/C24H28N4O4/c1-17(23(30)26-20-6-4-18(5-7-20)24(31)32-3)16-22(29)25-19-8-10-21(11-9-19)28-14-12-27(2)13-15-28/h4-11,16H,12-15H2,1-3H3,(H,25,29)(H,26,30)/b17-16+. The lowest BCUT2D eigenvalue weighted by atomic mass is 10.2. The third-order valence-electron chi connectivity index (χ3n) is 5.27. The zero-order valence-electron chi connectivity index (χ0n) is 18.6. The maximum absolute atomic E-state index is 12.4. The maximum Gasteiger partial charge on any atom is 0.337 e. The molecule has 1 fully saturated rings. The SMILES string of the molecule is COC(=O)c1ccc(NC(=O)/C(C)=C/C(=O)Nc2ccc(N3CCN(C)CC3)cc2)cc1. The van der Waals surface area contributed by atoms with Gasteiger partial charge < -0.3 is 25.2 Å². The van der Waals surface area contributed by atoms with Crippen LogP contribution in [0.15, 0.2) is 60.2 Å². The van der Waals surface area contributed by atoms with Crippen LogP contribution < -0.4 is 15.5 Å². The van der Waals surface area contributed by atoms with E-state index < -0.39 is 11.9 Å². The maximum atomic E-state index is 12.4. The molecule has 1 heterocycles. The molecule has 1 saturated heterocycles. The Kier molecular flexibility index (Phi) is 7.62. The molecule has 2 amide bonds. The molecule has 1 aliphatic heterocycles. The highest BCUT2D eigenvalue weighted by atomic mass is 16.5. The van der Waals surface area contributed by atoms with Gasteiger partial charge in [-0.05, 0) is 62.5 Å². The number of piperazine rings is 1. The first-order valence-corrected chi connectivity index (χ1v) is 10.4. The van der Waals surface area contributed by atoms with Crippen LogP contribution in [-0.2, 0) is 14.3 Å². The Labute approximate surface area is 187 Å². The van der Waals surface area contributed by atoms with Gasteiger partial charge in [-0.3, -0.25) is 9.59 Å². The second-order valence-electron chi connectivity index (χ2n) is 7.68. The molecular formula is C24H28N4O4. The van der Waals surface area contributed by atoms with Crippen LogP contribution in [0, 0.1) is 0 Å². The smallest absolute Gasteiger partial charge is 0.337 e. The van der Waals surface area contributed by atoms with Gasteiger partial charge in [-0.1, -0.05) is 0 Å². The van der Waals surface area contributed by atoms with Gasteiger partial charge in [0.25, 0.3) is 5.91 Å². The van der Waals surface area contributed by atoms with Crippen molar-refractivity contribution in [2.75, 3.05) is 55.9 Å². The van der Waals surface area contributed by atoms with Crippen molar-refractivity contribution in [1.82, 2.24) is 4.90 Å². The van der Waals surface area contributed by atoms with Gasteiger partial charge in [-0.2, -0.15) is 0 Å². The second-order valence-corrected chi connectivity index (χ2v) is 7.68. The molecule has 168 valence electrons.